The number of nitrogens with zero attached hydrogens (tertiary/aromatic N) is 2. The summed E-state index contributed by atoms with van der Waals surface area (Å²) >= 11 is 0. The third-order valence-electron chi connectivity index (χ3n) is 3.03. The van der Waals surface area contributed by atoms with E-state index in [0.717, 1.165) is 28.0 Å². The second-order valence-electron chi connectivity index (χ2n) is 4.27. The second-order valence-corrected chi connectivity index (χ2v) is 4.27. The van der Waals surface area contributed by atoms with Crippen molar-refractivity contribution >= 4 is 22.4 Å². The average molecular weight is 236 g/mol. The van der Waals surface area contributed by atoms with Crippen LogP contribution in [0.15, 0.2) is 48.5 Å². The molecule has 0 aliphatic carbocycles. The fourth-order valence-corrected chi connectivity index (χ4v) is 2.08. The lowest BCUT2D eigenvalue weighted by Crippen LogP contribution is -1.95. The minimum Gasteiger partial charge on any atom is -0.338 e. The smallest absolute Gasteiger partial charge is 0.160 e. The summed E-state index contributed by atoms with van der Waals surface area (Å²) < 4.78 is 1.88. The summed E-state index contributed by atoms with van der Waals surface area (Å²) in [5.74, 6) is 0.865. The molecule has 1 N–H and O–H groups in total. The Morgan fingerprint density at radius 3 is 2.61 bits per heavy atom. The summed E-state index contributed by atoms with van der Waals surface area (Å²) in [6.07, 6.45) is 0. The molecule has 18 heavy (non-hydrogen) atoms. The Hall–Kier alpha value is -2.29. The van der Waals surface area contributed by atoms with E-state index in [1.165, 1.54) is 0 Å². The van der Waals surface area contributed by atoms with E-state index in [0.29, 0.717) is 0 Å². The van der Waals surface area contributed by atoms with E-state index in [1.807, 2.05) is 48.1 Å². The number of para-hydroxylation sites is 2. The maximum atomic E-state index is 4.50. The van der Waals surface area contributed by atoms with E-state index in [1.54, 1.807) is 0 Å². The van der Waals surface area contributed by atoms with Crippen molar-refractivity contribution in [1.82, 2.24) is 9.78 Å². The van der Waals surface area contributed by atoms with Crippen LogP contribution in [0.2, 0.25) is 0 Å². The second kappa shape index (κ2) is 4.18. The van der Waals surface area contributed by atoms with E-state index in [2.05, 4.69) is 29.5 Å². The van der Waals surface area contributed by atoms with Gasteiger partial charge in [0.15, 0.2) is 5.82 Å². The molecule has 3 rings (SSSR count). The van der Waals surface area contributed by atoms with Crippen LogP contribution in [0.25, 0.3) is 10.9 Å². The number of hydrogen-bond donors (Lipinski definition) is 1. The Balaban J connectivity index is 2.08. The molecule has 0 aliphatic heterocycles. The number of aryl methyl sites for hydroxylation is 1. The highest BCUT2D eigenvalue weighted by molar-refractivity contribution is 5.92. The molecule has 0 aliphatic rings. The summed E-state index contributed by atoms with van der Waals surface area (Å²) in [5.41, 5.74) is 3.06. The number of rotatable bonds is 2. The first-order valence-electron chi connectivity index (χ1n) is 5.85. The lowest BCUT2D eigenvalue weighted by Gasteiger charge is -2.06. The molecular formula is C15H14N3. The Morgan fingerprint density at radius 2 is 1.78 bits per heavy atom. The van der Waals surface area contributed by atoms with E-state index in [9.17, 15) is 0 Å². The topological polar surface area (TPSA) is 29.9 Å². The van der Waals surface area contributed by atoms with Gasteiger partial charge in [0.2, 0.25) is 0 Å². The number of aromatic nitrogens is 2. The molecule has 3 heteroatoms. The fraction of sp³-hybridized carbons (Fsp3) is 0.0667. The van der Waals surface area contributed by atoms with Crippen LogP contribution in [-0.4, -0.2) is 9.78 Å². The van der Waals surface area contributed by atoms with Gasteiger partial charge in [-0.3, -0.25) is 4.68 Å². The predicted molar refractivity (Wildman–Crippen MR) is 74.9 cm³/mol. The van der Waals surface area contributed by atoms with Gasteiger partial charge in [-0.15, -0.1) is 0 Å². The summed E-state index contributed by atoms with van der Waals surface area (Å²) in [4.78, 5) is 0. The first-order chi connectivity index (χ1) is 8.75. The molecule has 0 unspecified atom stereocenters. The van der Waals surface area contributed by atoms with Crippen molar-refractivity contribution in [3.63, 3.8) is 0 Å². The SMILES string of the molecule is [CH2]c1ccccc1Nc1nn(C)c2ccccc12. The van der Waals surface area contributed by atoms with Gasteiger partial charge in [-0.1, -0.05) is 30.3 Å². The molecule has 0 amide bonds. The van der Waals surface area contributed by atoms with Crippen LogP contribution in [0.1, 0.15) is 5.56 Å². The van der Waals surface area contributed by atoms with Gasteiger partial charge in [-0.25, -0.2) is 0 Å². The van der Waals surface area contributed by atoms with Crippen molar-refractivity contribution in [1.29, 1.82) is 0 Å². The minimum absolute atomic E-state index is 0.865. The normalized spacial score (nSPS) is 10.8. The van der Waals surface area contributed by atoms with E-state index >= 15 is 0 Å². The van der Waals surface area contributed by atoms with Gasteiger partial charge in [0.25, 0.3) is 0 Å². The molecule has 1 radical (unpaired) electrons. The molecule has 89 valence electrons. The number of benzene rings is 2. The molecule has 0 bridgehead atoms. The van der Waals surface area contributed by atoms with Crippen molar-refractivity contribution in [2.45, 2.75) is 0 Å². The highest BCUT2D eigenvalue weighted by atomic mass is 15.3. The third-order valence-corrected chi connectivity index (χ3v) is 3.03. The first-order valence-corrected chi connectivity index (χ1v) is 5.85. The van der Waals surface area contributed by atoms with E-state index in [4.69, 9.17) is 0 Å². The Morgan fingerprint density at radius 1 is 1.06 bits per heavy atom. The van der Waals surface area contributed by atoms with Crippen molar-refractivity contribution < 1.29 is 0 Å². The monoisotopic (exact) mass is 236 g/mol. The molecule has 3 nitrogen and oxygen atoms in total. The van der Waals surface area contributed by atoms with Gasteiger partial charge >= 0.3 is 0 Å². The summed E-state index contributed by atoms with van der Waals surface area (Å²) in [6.45, 7) is 4.01. The van der Waals surface area contributed by atoms with Gasteiger partial charge in [0.1, 0.15) is 0 Å². The Bertz CT molecular complexity index is 698. The number of fused-ring (bicyclic) bond motifs is 1. The molecule has 1 heterocycles. The maximum Gasteiger partial charge on any atom is 0.160 e. The summed E-state index contributed by atoms with van der Waals surface area (Å²) in [7, 11) is 1.95. The molecule has 3 aromatic rings. The lowest BCUT2D eigenvalue weighted by atomic mass is 10.2. The largest absolute Gasteiger partial charge is 0.338 e. The number of anilines is 2. The van der Waals surface area contributed by atoms with Crippen LogP contribution in [0.3, 0.4) is 0 Å². The highest BCUT2D eigenvalue weighted by Crippen LogP contribution is 2.26. The standard InChI is InChI=1S/C15H14N3/c1-11-7-3-5-9-13(11)16-15-12-8-4-6-10-14(12)18(2)17-15/h3-10H,1H2,2H3,(H,16,17). The van der Waals surface area contributed by atoms with Gasteiger partial charge in [-0.2, -0.15) is 5.10 Å². The quantitative estimate of drug-likeness (QED) is 0.738. The molecule has 0 spiro atoms. The van der Waals surface area contributed by atoms with Gasteiger partial charge in [0, 0.05) is 18.1 Å². The van der Waals surface area contributed by atoms with Gasteiger partial charge < -0.3 is 5.32 Å². The molecule has 2 aromatic carbocycles. The van der Waals surface area contributed by atoms with Crippen LogP contribution < -0.4 is 5.32 Å². The van der Waals surface area contributed by atoms with Crippen LogP contribution >= 0.6 is 0 Å². The van der Waals surface area contributed by atoms with E-state index in [-0.39, 0.29) is 0 Å². The molecule has 1 aromatic heterocycles. The summed E-state index contributed by atoms with van der Waals surface area (Å²) in [6, 6.07) is 16.1. The predicted octanol–water partition coefficient (Wildman–Crippen LogP) is 3.50. The van der Waals surface area contributed by atoms with Crippen molar-refractivity contribution in [3.8, 4) is 0 Å². The highest BCUT2D eigenvalue weighted by Gasteiger charge is 2.08. The zero-order valence-corrected chi connectivity index (χ0v) is 10.2. The Labute approximate surface area is 106 Å². The van der Waals surface area contributed by atoms with Crippen LogP contribution in [0.5, 0.6) is 0 Å². The van der Waals surface area contributed by atoms with Crippen LogP contribution in [0, 0.1) is 6.92 Å². The minimum atomic E-state index is 0.865. The van der Waals surface area contributed by atoms with Crippen LogP contribution in [-0.2, 0) is 7.05 Å². The zero-order chi connectivity index (χ0) is 12.5. The Kier molecular flexibility index (Phi) is 2.52. The fourth-order valence-electron chi connectivity index (χ4n) is 2.08. The van der Waals surface area contributed by atoms with Crippen molar-refractivity contribution in [2.75, 3.05) is 5.32 Å². The average Bonchev–Trinajstić information content (AvgIpc) is 2.70. The molecule has 0 fully saturated rings. The molecule has 0 saturated carbocycles. The van der Waals surface area contributed by atoms with Gasteiger partial charge in [0.05, 0.1) is 5.52 Å². The number of nitrogens with one attached hydrogen (secondary N) is 1. The zero-order valence-electron chi connectivity index (χ0n) is 10.2. The van der Waals surface area contributed by atoms with Crippen molar-refractivity contribution in [2.24, 2.45) is 7.05 Å². The van der Waals surface area contributed by atoms with Crippen molar-refractivity contribution in [3.05, 3.63) is 61.0 Å². The molecule has 0 saturated heterocycles. The van der Waals surface area contributed by atoms with Gasteiger partial charge in [-0.05, 0) is 30.7 Å². The number of hydrogen-bond acceptors (Lipinski definition) is 2. The van der Waals surface area contributed by atoms with E-state index < -0.39 is 0 Å². The summed E-state index contributed by atoms with van der Waals surface area (Å²) in [5, 5.41) is 8.96. The molecule has 0 atom stereocenters. The third kappa shape index (κ3) is 1.74. The first kappa shape index (κ1) is 10.8. The molecular weight excluding hydrogens is 222 g/mol. The van der Waals surface area contributed by atoms with Crippen LogP contribution in [0.4, 0.5) is 11.5 Å². The lowest BCUT2D eigenvalue weighted by molar-refractivity contribution is 0.801. The maximum absolute atomic E-state index is 4.50.